The fourth-order valence-electron chi connectivity index (χ4n) is 3.44. The van der Waals surface area contributed by atoms with E-state index in [1.807, 2.05) is 6.92 Å². The van der Waals surface area contributed by atoms with Gasteiger partial charge in [-0.1, -0.05) is 31.5 Å². The van der Waals surface area contributed by atoms with Gasteiger partial charge < -0.3 is 25.2 Å². The molecule has 1 aromatic carbocycles. The average Bonchev–Trinajstić information content (AvgIpc) is 2.76. The summed E-state index contributed by atoms with van der Waals surface area (Å²) in [6, 6.07) is 5.97. The Morgan fingerprint density at radius 1 is 1.24 bits per heavy atom. The number of hydrogen-bond donors (Lipinski definition) is 4. The van der Waals surface area contributed by atoms with Crippen LogP contribution in [-0.2, 0) is 19.0 Å². The van der Waals surface area contributed by atoms with Crippen molar-refractivity contribution >= 4 is 10.1 Å². The summed E-state index contributed by atoms with van der Waals surface area (Å²) in [5, 5.41) is 41.0. The minimum absolute atomic E-state index is 0.0700. The van der Waals surface area contributed by atoms with E-state index in [0.717, 1.165) is 5.56 Å². The molecule has 3 rings (SSSR count). The Hall–Kier alpha value is -1.07. The van der Waals surface area contributed by atoms with Crippen molar-refractivity contribution in [1.82, 2.24) is 0 Å². The van der Waals surface area contributed by atoms with E-state index < -0.39 is 51.8 Å². The second-order valence-corrected chi connectivity index (χ2v) is 8.80. The predicted octanol–water partition coefficient (Wildman–Crippen LogP) is -0.720. The molecule has 8 nitrogen and oxygen atoms in total. The van der Waals surface area contributed by atoms with Gasteiger partial charge in [0.2, 0.25) is 5.79 Å². The summed E-state index contributed by atoms with van der Waals surface area (Å²) in [7, 11) is -4.10. The topological polar surface area (TPSA) is 134 Å². The van der Waals surface area contributed by atoms with E-state index in [1.165, 1.54) is 26.0 Å². The van der Waals surface area contributed by atoms with E-state index >= 15 is 0 Å². The number of aliphatic hydroxyl groups is 4. The molecule has 0 unspecified atom stereocenters. The standard InChI is InChI=1S/C16H22O8S/c1-9-4-6-10(7-5-9)25(21,22)23-8-11(17)12-13(18)15(19)14(2,3)16(15,20)24-12/h4-7,11-13,17-20H,8H2,1-3H3/t11-,12-,13+,15+,16+/m1/s1. The van der Waals surface area contributed by atoms with Crippen LogP contribution < -0.4 is 0 Å². The Morgan fingerprint density at radius 2 is 1.80 bits per heavy atom. The van der Waals surface area contributed by atoms with Crippen molar-refractivity contribution in [2.24, 2.45) is 5.41 Å². The van der Waals surface area contributed by atoms with Gasteiger partial charge in [0.1, 0.15) is 18.3 Å². The van der Waals surface area contributed by atoms with Gasteiger partial charge in [-0.2, -0.15) is 8.42 Å². The first kappa shape index (κ1) is 18.7. The van der Waals surface area contributed by atoms with Crippen molar-refractivity contribution in [2.45, 2.75) is 55.4 Å². The van der Waals surface area contributed by atoms with Crippen molar-refractivity contribution in [3.63, 3.8) is 0 Å². The molecule has 1 aliphatic heterocycles. The molecule has 0 amide bonds. The highest BCUT2D eigenvalue weighted by molar-refractivity contribution is 7.86. The fraction of sp³-hybridized carbons (Fsp3) is 0.625. The van der Waals surface area contributed by atoms with Crippen LogP contribution in [0, 0.1) is 12.3 Å². The fourth-order valence-corrected chi connectivity index (χ4v) is 4.37. The third-order valence-corrected chi connectivity index (χ3v) is 6.68. The zero-order valence-electron chi connectivity index (χ0n) is 14.1. The van der Waals surface area contributed by atoms with Crippen LogP contribution in [0.2, 0.25) is 0 Å². The molecule has 1 aromatic rings. The third kappa shape index (κ3) is 2.38. The van der Waals surface area contributed by atoms with Gasteiger partial charge >= 0.3 is 0 Å². The quantitative estimate of drug-likeness (QED) is 0.496. The van der Waals surface area contributed by atoms with E-state index in [-0.39, 0.29) is 4.90 Å². The molecule has 2 aliphatic rings. The second-order valence-electron chi connectivity index (χ2n) is 7.18. The van der Waals surface area contributed by atoms with Crippen molar-refractivity contribution < 1.29 is 37.8 Å². The molecule has 5 atom stereocenters. The predicted molar refractivity (Wildman–Crippen MR) is 84.9 cm³/mol. The molecule has 0 aromatic heterocycles. The van der Waals surface area contributed by atoms with E-state index in [0.29, 0.717) is 0 Å². The Kier molecular flexibility index (Phi) is 4.09. The summed E-state index contributed by atoms with van der Waals surface area (Å²) in [5.41, 5.74) is -2.16. The molecular formula is C16H22O8S. The summed E-state index contributed by atoms with van der Waals surface area (Å²) in [4.78, 5) is -0.0700. The average molecular weight is 374 g/mol. The van der Waals surface area contributed by atoms with Gasteiger partial charge in [0.05, 0.1) is 16.9 Å². The van der Waals surface area contributed by atoms with Crippen LogP contribution in [0.25, 0.3) is 0 Å². The number of aliphatic hydroxyl groups excluding tert-OH is 2. The summed E-state index contributed by atoms with van der Waals surface area (Å²) in [5.74, 6) is -2.00. The normalized spacial score (nSPS) is 37.6. The van der Waals surface area contributed by atoms with Gasteiger partial charge in [0.25, 0.3) is 10.1 Å². The second kappa shape index (κ2) is 5.46. The van der Waals surface area contributed by atoms with Crippen molar-refractivity contribution in [1.29, 1.82) is 0 Å². The summed E-state index contributed by atoms with van der Waals surface area (Å²) >= 11 is 0. The number of aryl methyl sites for hydroxylation is 1. The van der Waals surface area contributed by atoms with Gasteiger partial charge in [-0.3, -0.25) is 4.18 Å². The molecule has 2 fully saturated rings. The lowest BCUT2D eigenvalue weighted by Crippen LogP contribution is -2.47. The Bertz CT molecular complexity index is 774. The smallest absolute Gasteiger partial charge is 0.297 e. The zero-order chi connectivity index (χ0) is 18.8. The van der Waals surface area contributed by atoms with E-state index in [4.69, 9.17) is 8.92 Å². The molecule has 25 heavy (non-hydrogen) atoms. The first-order valence-electron chi connectivity index (χ1n) is 7.83. The monoisotopic (exact) mass is 374 g/mol. The minimum Gasteiger partial charge on any atom is -0.388 e. The molecule has 1 saturated heterocycles. The molecule has 4 N–H and O–H groups in total. The van der Waals surface area contributed by atoms with Gasteiger partial charge in [-0.05, 0) is 19.1 Å². The first-order valence-corrected chi connectivity index (χ1v) is 9.24. The molecule has 1 aliphatic carbocycles. The van der Waals surface area contributed by atoms with Gasteiger partial charge in [0.15, 0.2) is 5.60 Å². The van der Waals surface area contributed by atoms with Gasteiger partial charge in [-0.25, -0.2) is 0 Å². The number of benzene rings is 1. The lowest BCUT2D eigenvalue weighted by atomic mass is 9.95. The van der Waals surface area contributed by atoms with Crippen LogP contribution in [0.15, 0.2) is 29.2 Å². The Balaban J connectivity index is 1.66. The number of fused-ring (bicyclic) bond motifs is 1. The molecule has 1 saturated carbocycles. The van der Waals surface area contributed by atoms with Gasteiger partial charge in [0, 0.05) is 0 Å². The van der Waals surface area contributed by atoms with E-state index in [2.05, 4.69) is 0 Å². The summed E-state index contributed by atoms with van der Waals surface area (Å²) < 4.78 is 34.3. The Labute approximate surface area is 145 Å². The largest absolute Gasteiger partial charge is 0.388 e. The van der Waals surface area contributed by atoms with Gasteiger partial charge in [-0.15, -0.1) is 0 Å². The van der Waals surface area contributed by atoms with Crippen LogP contribution >= 0.6 is 0 Å². The molecule has 0 spiro atoms. The summed E-state index contributed by atoms with van der Waals surface area (Å²) in [6.45, 7) is 4.14. The maximum Gasteiger partial charge on any atom is 0.297 e. The number of ether oxygens (including phenoxy) is 1. The highest BCUT2D eigenvalue weighted by atomic mass is 32.2. The van der Waals surface area contributed by atoms with E-state index in [1.54, 1.807) is 12.1 Å². The minimum atomic E-state index is -4.10. The van der Waals surface area contributed by atoms with Crippen LogP contribution in [-0.4, -0.2) is 65.2 Å². The van der Waals surface area contributed by atoms with Crippen LogP contribution in [0.4, 0.5) is 0 Å². The molecule has 140 valence electrons. The summed E-state index contributed by atoms with van der Waals surface area (Å²) in [6.07, 6.45) is -4.53. The highest BCUT2D eigenvalue weighted by Gasteiger charge is 2.92. The highest BCUT2D eigenvalue weighted by Crippen LogP contribution is 2.71. The number of rotatable bonds is 5. The first-order chi connectivity index (χ1) is 11.4. The SMILES string of the molecule is Cc1ccc(S(=O)(=O)OC[C@@H](O)[C@H]2O[C@@]3(O)C(C)(C)[C@@]3(O)[C@H]2O)cc1. The molecular weight excluding hydrogens is 352 g/mol. The van der Waals surface area contributed by atoms with Crippen molar-refractivity contribution in [3.05, 3.63) is 29.8 Å². The lowest BCUT2D eigenvalue weighted by Gasteiger charge is -2.28. The van der Waals surface area contributed by atoms with Crippen LogP contribution in [0.5, 0.6) is 0 Å². The van der Waals surface area contributed by atoms with Crippen LogP contribution in [0.1, 0.15) is 19.4 Å². The third-order valence-electron chi connectivity index (χ3n) is 5.38. The maximum absolute atomic E-state index is 12.1. The molecule has 0 bridgehead atoms. The van der Waals surface area contributed by atoms with E-state index in [9.17, 15) is 28.8 Å². The maximum atomic E-state index is 12.1. The van der Waals surface area contributed by atoms with Crippen molar-refractivity contribution in [2.75, 3.05) is 6.61 Å². The molecule has 9 heteroatoms. The zero-order valence-corrected chi connectivity index (χ0v) is 14.9. The Morgan fingerprint density at radius 3 is 2.28 bits per heavy atom. The lowest BCUT2D eigenvalue weighted by molar-refractivity contribution is -0.197. The number of hydrogen-bond acceptors (Lipinski definition) is 8. The molecule has 0 radical (unpaired) electrons. The molecule has 1 heterocycles. The van der Waals surface area contributed by atoms with Crippen LogP contribution in [0.3, 0.4) is 0 Å². The van der Waals surface area contributed by atoms with Crippen molar-refractivity contribution in [3.8, 4) is 0 Å².